The predicted octanol–water partition coefficient (Wildman–Crippen LogP) is 6.60. The van der Waals surface area contributed by atoms with Gasteiger partial charge in [-0.3, -0.25) is 4.79 Å². The van der Waals surface area contributed by atoms with Crippen molar-refractivity contribution in [1.29, 1.82) is 0 Å². The molecular formula is C25H29Cl2NO3S. The molecule has 2 aliphatic rings. The number of piperidine rings is 1. The molecule has 0 radical (unpaired) electrons. The standard InChI is InChI=1S/C25H29Cl2NO3S/c1-24(2,3)31-22(29)9-12-28-13-10-25(11-14-28)16-30-21-15-17(7-8-18(21)25)32-23-19(26)5-4-6-20(23)27/h4-8,15H,9-14,16H2,1-3H3. The van der Waals surface area contributed by atoms with Crippen LogP contribution in [0.4, 0.5) is 0 Å². The van der Waals surface area contributed by atoms with E-state index in [1.807, 2.05) is 39.0 Å². The van der Waals surface area contributed by atoms with Gasteiger partial charge in [-0.05, 0) is 71.0 Å². The van der Waals surface area contributed by atoms with Gasteiger partial charge < -0.3 is 14.4 Å². The van der Waals surface area contributed by atoms with E-state index in [0.29, 0.717) is 23.1 Å². The lowest BCUT2D eigenvalue weighted by Crippen LogP contribution is -2.44. The Kier molecular flexibility index (Phi) is 7.02. The van der Waals surface area contributed by atoms with Crippen molar-refractivity contribution in [1.82, 2.24) is 4.90 Å². The number of hydrogen-bond acceptors (Lipinski definition) is 5. The Morgan fingerprint density at radius 1 is 1.16 bits per heavy atom. The molecule has 0 bridgehead atoms. The molecule has 1 spiro atoms. The zero-order valence-corrected chi connectivity index (χ0v) is 21.1. The van der Waals surface area contributed by atoms with E-state index in [0.717, 1.165) is 48.0 Å². The van der Waals surface area contributed by atoms with Crippen molar-refractivity contribution in [3.8, 4) is 5.75 Å². The minimum Gasteiger partial charge on any atom is -0.492 e. The van der Waals surface area contributed by atoms with Gasteiger partial charge in [-0.2, -0.15) is 0 Å². The molecule has 7 heteroatoms. The molecule has 4 nitrogen and oxygen atoms in total. The summed E-state index contributed by atoms with van der Waals surface area (Å²) in [6.45, 7) is 9.07. The maximum absolute atomic E-state index is 12.0. The van der Waals surface area contributed by atoms with Crippen LogP contribution in [0.25, 0.3) is 0 Å². The summed E-state index contributed by atoms with van der Waals surface area (Å²) in [6, 6.07) is 12.0. The van der Waals surface area contributed by atoms with Gasteiger partial charge in [-0.25, -0.2) is 0 Å². The van der Waals surface area contributed by atoms with E-state index < -0.39 is 5.60 Å². The third kappa shape index (κ3) is 5.39. The van der Waals surface area contributed by atoms with Crippen molar-refractivity contribution in [3.05, 3.63) is 52.0 Å². The monoisotopic (exact) mass is 493 g/mol. The van der Waals surface area contributed by atoms with Crippen LogP contribution in [0.15, 0.2) is 46.2 Å². The highest BCUT2D eigenvalue weighted by atomic mass is 35.5. The molecule has 172 valence electrons. The highest BCUT2D eigenvalue weighted by Crippen LogP contribution is 2.48. The van der Waals surface area contributed by atoms with Crippen LogP contribution in [0.3, 0.4) is 0 Å². The van der Waals surface area contributed by atoms with E-state index >= 15 is 0 Å². The first-order valence-electron chi connectivity index (χ1n) is 11.0. The highest BCUT2D eigenvalue weighted by molar-refractivity contribution is 7.99. The largest absolute Gasteiger partial charge is 0.492 e. The molecule has 1 fully saturated rings. The van der Waals surface area contributed by atoms with Crippen LogP contribution in [-0.4, -0.2) is 42.7 Å². The van der Waals surface area contributed by atoms with Crippen molar-refractivity contribution in [2.75, 3.05) is 26.2 Å². The summed E-state index contributed by atoms with van der Waals surface area (Å²) in [5, 5.41) is 1.30. The fraction of sp³-hybridized carbons (Fsp3) is 0.480. The quantitative estimate of drug-likeness (QED) is 0.438. The lowest BCUT2D eigenvalue weighted by Gasteiger charge is -2.38. The van der Waals surface area contributed by atoms with E-state index in [1.165, 1.54) is 5.56 Å². The van der Waals surface area contributed by atoms with Gasteiger partial charge in [0.25, 0.3) is 0 Å². The number of fused-ring (bicyclic) bond motifs is 2. The number of likely N-dealkylation sites (tertiary alicyclic amines) is 1. The molecule has 32 heavy (non-hydrogen) atoms. The number of carbonyl (C=O) groups excluding carboxylic acids is 1. The highest BCUT2D eigenvalue weighted by Gasteiger charge is 2.43. The molecular weight excluding hydrogens is 465 g/mol. The first kappa shape index (κ1) is 23.7. The van der Waals surface area contributed by atoms with Gasteiger partial charge in [0.1, 0.15) is 11.4 Å². The minimum atomic E-state index is -0.428. The fourth-order valence-corrected chi connectivity index (χ4v) is 5.87. The first-order valence-corrected chi connectivity index (χ1v) is 12.6. The van der Waals surface area contributed by atoms with Crippen LogP contribution in [0, 0.1) is 0 Å². The van der Waals surface area contributed by atoms with Gasteiger partial charge in [0.05, 0.1) is 23.1 Å². The molecule has 2 heterocycles. The third-order valence-electron chi connectivity index (χ3n) is 6.03. The number of hydrogen-bond donors (Lipinski definition) is 0. The van der Waals surface area contributed by atoms with Gasteiger partial charge in [0, 0.05) is 27.3 Å². The Balaban J connectivity index is 1.37. The summed E-state index contributed by atoms with van der Waals surface area (Å²) in [6.07, 6.45) is 2.48. The van der Waals surface area contributed by atoms with Gasteiger partial charge in [-0.1, -0.05) is 47.1 Å². The zero-order valence-electron chi connectivity index (χ0n) is 18.7. The van der Waals surface area contributed by atoms with Crippen LogP contribution < -0.4 is 4.74 Å². The van der Waals surface area contributed by atoms with E-state index in [1.54, 1.807) is 11.8 Å². The second-order valence-corrected chi connectivity index (χ2v) is 11.5. The average molecular weight is 494 g/mol. The SMILES string of the molecule is CC(C)(C)OC(=O)CCN1CCC2(CC1)COc1cc(Sc3c(Cl)cccc3Cl)ccc12. The second kappa shape index (κ2) is 9.46. The third-order valence-corrected chi connectivity index (χ3v) is 8.02. The van der Waals surface area contributed by atoms with Crippen molar-refractivity contribution >= 4 is 40.9 Å². The topological polar surface area (TPSA) is 38.8 Å². The Bertz CT molecular complexity index is 977. The Hall–Kier alpha value is -1.40. The van der Waals surface area contributed by atoms with E-state index in [2.05, 4.69) is 23.1 Å². The molecule has 1 saturated heterocycles. The molecule has 2 aromatic carbocycles. The summed E-state index contributed by atoms with van der Waals surface area (Å²) in [5.74, 6) is 0.830. The van der Waals surface area contributed by atoms with Gasteiger partial charge in [0.15, 0.2) is 0 Å². The van der Waals surface area contributed by atoms with E-state index in [4.69, 9.17) is 32.7 Å². The van der Waals surface area contributed by atoms with Gasteiger partial charge in [0.2, 0.25) is 0 Å². The second-order valence-electron chi connectivity index (χ2n) is 9.56. The summed E-state index contributed by atoms with van der Waals surface area (Å²) in [4.78, 5) is 16.3. The fourth-order valence-electron chi connectivity index (χ4n) is 4.38. The predicted molar refractivity (Wildman–Crippen MR) is 130 cm³/mol. The van der Waals surface area contributed by atoms with Crippen LogP contribution in [0.5, 0.6) is 5.75 Å². The molecule has 0 amide bonds. The minimum absolute atomic E-state index is 0.0585. The molecule has 4 rings (SSSR count). The van der Waals surface area contributed by atoms with Crippen molar-refractivity contribution < 1.29 is 14.3 Å². The average Bonchev–Trinajstić information content (AvgIpc) is 3.07. The molecule has 0 aromatic heterocycles. The molecule has 2 aromatic rings. The number of ether oxygens (including phenoxy) is 2. The smallest absolute Gasteiger partial charge is 0.307 e. The molecule has 0 unspecified atom stereocenters. The Labute approximate surface area is 204 Å². The van der Waals surface area contributed by atoms with Crippen molar-refractivity contribution in [2.24, 2.45) is 0 Å². The lowest BCUT2D eigenvalue weighted by atomic mass is 9.74. The normalized spacial score (nSPS) is 17.8. The number of esters is 1. The van der Waals surface area contributed by atoms with Crippen LogP contribution in [0.1, 0.15) is 45.6 Å². The number of carbonyl (C=O) groups is 1. The van der Waals surface area contributed by atoms with E-state index in [9.17, 15) is 4.79 Å². The summed E-state index contributed by atoms with van der Waals surface area (Å²) < 4.78 is 11.6. The summed E-state index contributed by atoms with van der Waals surface area (Å²) in [5.41, 5.74) is 0.921. The maximum atomic E-state index is 12.0. The number of benzene rings is 2. The Morgan fingerprint density at radius 3 is 2.50 bits per heavy atom. The molecule has 0 N–H and O–H groups in total. The van der Waals surface area contributed by atoms with Crippen LogP contribution in [-0.2, 0) is 14.9 Å². The maximum Gasteiger partial charge on any atom is 0.307 e. The van der Waals surface area contributed by atoms with Gasteiger partial charge in [-0.15, -0.1) is 0 Å². The summed E-state index contributed by atoms with van der Waals surface area (Å²) in [7, 11) is 0. The molecule has 0 saturated carbocycles. The van der Waals surface area contributed by atoms with Gasteiger partial charge >= 0.3 is 5.97 Å². The molecule has 0 atom stereocenters. The van der Waals surface area contributed by atoms with Crippen molar-refractivity contribution in [3.63, 3.8) is 0 Å². The van der Waals surface area contributed by atoms with Crippen molar-refractivity contribution in [2.45, 2.75) is 60.8 Å². The number of nitrogens with zero attached hydrogens (tertiary/aromatic N) is 1. The van der Waals surface area contributed by atoms with Crippen LogP contribution >= 0.6 is 35.0 Å². The number of halogens is 2. The molecule has 2 aliphatic heterocycles. The summed E-state index contributed by atoms with van der Waals surface area (Å²) >= 11 is 14.2. The lowest BCUT2D eigenvalue weighted by molar-refractivity contribution is -0.155. The zero-order chi connectivity index (χ0) is 22.9. The first-order chi connectivity index (χ1) is 15.2. The molecule has 0 aliphatic carbocycles. The van der Waals surface area contributed by atoms with E-state index in [-0.39, 0.29) is 11.4 Å². The number of rotatable bonds is 5. The van der Waals surface area contributed by atoms with Crippen LogP contribution in [0.2, 0.25) is 10.0 Å². The Morgan fingerprint density at radius 2 is 1.84 bits per heavy atom.